The molecule has 522 valence electrons. The summed E-state index contributed by atoms with van der Waals surface area (Å²) in [6, 6.07) is 0. The quantitative estimate of drug-likeness (QED) is 0.0222. The van der Waals surface area contributed by atoms with E-state index in [-0.39, 0.29) is 25.7 Å². The number of carbonyl (C=O) groups is 4. The third kappa shape index (κ3) is 62.8. The number of ether oxygens (including phenoxy) is 4. The Hall–Kier alpha value is -1.94. The lowest BCUT2D eigenvalue weighted by Crippen LogP contribution is -2.30. The lowest BCUT2D eigenvalue weighted by molar-refractivity contribution is -0.161. The molecule has 0 aromatic carbocycles. The van der Waals surface area contributed by atoms with Crippen molar-refractivity contribution >= 4 is 39.5 Å². The first-order chi connectivity index (χ1) is 42.5. The fourth-order valence-electron chi connectivity index (χ4n) is 10.5. The molecule has 0 rings (SSSR count). The van der Waals surface area contributed by atoms with Crippen molar-refractivity contribution in [3.05, 3.63) is 0 Å². The average Bonchev–Trinajstić information content (AvgIpc) is 3.62. The van der Waals surface area contributed by atoms with Gasteiger partial charge in [-0.1, -0.05) is 304 Å². The number of esters is 4. The first-order valence-corrected chi connectivity index (χ1v) is 39.1. The first-order valence-electron chi connectivity index (χ1n) is 36.1. The average molecular weight is 1300 g/mol. The number of unbranched alkanes of at least 4 members (excludes halogenated alkanes) is 41. The van der Waals surface area contributed by atoms with Gasteiger partial charge in [0, 0.05) is 25.7 Å². The van der Waals surface area contributed by atoms with Gasteiger partial charge in [0.25, 0.3) is 0 Å². The molecule has 88 heavy (non-hydrogen) atoms. The highest BCUT2D eigenvalue weighted by Gasteiger charge is 2.30. The van der Waals surface area contributed by atoms with Crippen LogP contribution in [-0.4, -0.2) is 96.7 Å². The Morgan fingerprint density at radius 1 is 0.307 bits per heavy atom. The van der Waals surface area contributed by atoms with E-state index in [9.17, 15) is 43.2 Å². The van der Waals surface area contributed by atoms with Crippen LogP contribution >= 0.6 is 15.6 Å². The van der Waals surface area contributed by atoms with E-state index in [4.69, 9.17) is 37.0 Å². The summed E-state index contributed by atoms with van der Waals surface area (Å²) in [6.45, 7) is 7.15. The van der Waals surface area contributed by atoms with Crippen LogP contribution in [-0.2, 0) is 65.4 Å². The van der Waals surface area contributed by atoms with Crippen molar-refractivity contribution in [2.75, 3.05) is 39.6 Å². The van der Waals surface area contributed by atoms with Crippen LogP contribution in [0.4, 0.5) is 0 Å². The van der Waals surface area contributed by atoms with Gasteiger partial charge in [-0.2, -0.15) is 0 Å². The standard InChI is InChI=1S/C69H134O17P2/c1-6-9-12-15-17-19-20-21-22-26-29-32-35-39-43-48-53-67(72)80-59-65(86-69(74)55-50-45-40-36-33-30-27-24-23-25-28-31-34-37-42-46-51-62(4)5)61-84-88(77,78)82-57-63(70)56-81-87(75,76)83-60-64(58-79-66(71)52-47-41-14-11-8-3)85-68(73)54-49-44-38-18-16-13-10-7-2/h62-65,70H,6-61H2,1-5H3,(H,75,76)(H,77,78)/t63-,64+,65+/m0/s1. The largest absolute Gasteiger partial charge is 0.472 e. The predicted octanol–water partition coefficient (Wildman–Crippen LogP) is 19.7. The van der Waals surface area contributed by atoms with Gasteiger partial charge in [-0.3, -0.25) is 37.3 Å². The van der Waals surface area contributed by atoms with Crippen LogP contribution in [0.15, 0.2) is 0 Å². The number of hydrogen-bond donors (Lipinski definition) is 3. The molecule has 2 unspecified atom stereocenters. The van der Waals surface area contributed by atoms with Crippen LogP contribution in [0.1, 0.15) is 356 Å². The van der Waals surface area contributed by atoms with Crippen molar-refractivity contribution in [3.8, 4) is 0 Å². The summed E-state index contributed by atoms with van der Waals surface area (Å²) in [6.07, 6.45) is 49.1. The van der Waals surface area contributed by atoms with Gasteiger partial charge in [0.15, 0.2) is 12.2 Å². The predicted molar refractivity (Wildman–Crippen MR) is 354 cm³/mol. The Morgan fingerprint density at radius 2 is 0.523 bits per heavy atom. The Bertz CT molecular complexity index is 1700. The molecule has 0 aromatic heterocycles. The van der Waals surface area contributed by atoms with E-state index in [0.717, 1.165) is 109 Å². The van der Waals surface area contributed by atoms with Crippen molar-refractivity contribution < 1.29 is 80.2 Å². The normalized spacial score (nSPS) is 14.1. The minimum absolute atomic E-state index is 0.104. The highest BCUT2D eigenvalue weighted by Crippen LogP contribution is 2.45. The van der Waals surface area contributed by atoms with Crippen LogP contribution in [0.25, 0.3) is 0 Å². The molecular formula is C69H134O17P2. The van der Waals surface area contributed by atoms with E-state index in [1.54, 1.807) is 0 Å². The molecule has 17 nitrogen and oxygen atoms in total. The molecule has 0 aliphatic rings. The summed E-state index contributed by atoms with van der Waals surface area (Å²) in [7, 11) is -9.88. The SMILES string of the molecule is CCCCCCCCCCCCCCCCCCC(=O)OC[C@H](COP(=O)(O)OC[C@@H](O)COP(=O)(O)OC[C@@H](COC(=O)CCCCCCC)OC(=O)CCCCCCCCCC)OC(=O)CCCCCCCCCCCCCCCCCCC(C)C. The Balaban J connectivity index is 5.12. The summed E-state index contributed by atoms with van der Waals surface area (Å²) in [5.41, 5.74) is 0. The van der Waals surface area contributed by atoms with Gasteiger partial charge in [-0.25, -0.2) is 9.13 Å². The molecule has 0 radical (unpaired) electrons. The van der Waals surface area contributed by atoms with Crippen LogP contribution in [0, 0.1) is 5.92 Å². The second-order valence-corrected chi connectivity index (χ2v) is 28.3. The summed E-state index contributed by atoms with van der Waals surface area (Å²) >= 11 is 0. The van der Waals surface area contributed by atoms with E-state index in [1.807, 2.05) is 0 Å². The molecule has 5 atom stereocenters. The van der Waals surface area contributed by atoms with E-state index < -0.39 is 97.5 Å². The third-order valence-corrected chi connectivity index (χ3v) is 17.9. The molecule has 0 aliphatic carbocycles. The number of aliphatic hydroxyl groups is 1. The fraction of sp³-hybridized carbons (Fsp3) is 0.942. The lowest BCUT2D eigenvalue weighted by atomic mass is 10.0. The smallest absolute Gasteiger partial charge is 0.462 e. The Kier molecular flexibility index (Phi) is 61.1. The molecule has 0 bridgehead atoms. The van der Waals surface area contributed by atoms with E-state index >= 15 is 0 Å². The molecule has 0 heterocycles. The van der Waals surface area contributed by atoms with Gasteiger partial charge < -0.3 is 33.8 Å². The molecule has 0 fully saturated rings. The number of aliphatic hydroxyl groups excluding tert-OH is 1. The minimum atomic E-state index is -4.95. The van der Waals surface area contributed by atoms with Crippen molar-refractivity contribution in [1.29, 1.82) is 0 Å². The molecule has 0 spiro atoms. The molecule has 3 N–H and O–H groups in total. The number of phosphoric acid groups is 2. The topological polar surface area (TPSA) is 237 Å². The van der Waals surface area contributed by atoms with E-state index in [1.165, 1.54) is 167 Å². The van der Waals surface area contributed by atoms with Crippen LogP contribution in [0.2, 0.25) is 0 Å². The summed E-state index contributed by atoms with van der Waals surface area (Å²) in [5.74, 6) is -1.33. The van der Waals surface area contributed by atoms with E-state index in [0.29, 0.717) is 25.7 Å². The molecule has 0 aromatic rings. The number of carbonyl (C=O) groups excluding carboxylic acids is 4. The number of hydrogen-bond acceptors (Lipinski definition) is 15. The lowest BCUT2D eigenvalue weighted by Gasteiger charge is -2.21. The van der Waals surface area contributed by atoms with Gasteiger partial charge >= 0.3 is 39.5 Å². The first kappa shape index (κ1) is 86.1. The molecule has 19 heteroatoms. The van der Waals surface area contributed by atoms with Crippen LogP contribution < -0.4 is 0 Å². The second kappa shape index (κ2) is 62.5. The highest BCUT2D eigenvalue weighted by atomic mass is 31.2. The van der Waals surface area contributed by atoms with Crippen molar-refractivity contribution in [3.63, 3.8) is 0 Å². The maximum absolute atomic E-state index is 13.0. The summed E-state index contributed by atoms with van der Waals surface area (Å²) in [5, 5.41) is 10.5. The molecule has 0 aliphatic heterocycles. The Morgan fingerprint density at radius 3 is 0.773 bits per heavy atom. The van der Waals surface area contributed by atoms with Crippen molar-refractivity contribution in [2.24, 2.45) is 5.92 Å². The minimum Gasteiger partial charge on any atom is -0.462 e. The molecular weight excluding hydrogens is 1160 g/mol. The fourth-order valence-corrected chi connectivity index (χ4v) is 12.0. The second-order valence-electron chi connectivity index (χ2n) is 25.4. The van der Waals surface area contributed by atoms with Gasteiger partial charge in [-0.15, -0.1) is 0 Å². The maximum Gasteiger partial charge on any atom is 0.472 e. The monoisotopic (exact) mass is 1300 g/mol. The van der Waals surface area contributed by atoms with Crippen LogP contribution in [0.5, 0.6) is 0 Å². The zero-order chi connectivity index (χ0) is 64.9. The van der Waals surface area contributed by atoms with Crippen LogP contribution in [0.3, 0.4) is 0 Å². The molecule has 0 saturated carbocycles. The zero-order valence-corrected chi connectivity index (χ0v) is 58.6. The molecule has 0 amide bonds. The van der Waals surface area contributed by atoms with Crippen molar-refractivity contribution in [2.45, 2.75) is 374 Å². The third-order valence-electron chi connectivity index (χ3n) is 16.0. The van der Waals surface area contributed by atoms with Gasteiger partial charge in [0.1, 0.15) is 19.3 Å². The van der Waals surface area contributed by atoms with E-state index in [2.05, 4.69) is 34.6 Å². The summed E-state index contributed by atoms with van der Waals surface area (Å²) in [4.78, 5) is 72.1. The van der Waals surface area contributed by atoms with Gasteiger partial charge in [-0.05, 0) is 31.6 Å². The summed E-state index contributed by atoms with van der Waals surface area (Å²) < 4.78 is 67.9. The molecule has 0 saturated heterocycles. The maximum atomic E-state index is 13.0. The Labute approximate surface area is 537 Å². The van der Waals surface area contributed by atoms with Gasteiger partial charge in [0.05, 0.1) is 26.4 Å². The van der Waals surface area contributed by atoms with Crippen molar-refractivity contribution in [1.82, 2.24) is 0 Å². The number of rotatable bonds is 69. The highest BCUT2D eigenvalue weighted by molar-refractivity contribution is 7.47. The zero-order valence-electron chi connectivity index (χ0n) is 56.9. The van der Waals surface area contributed by atoms with Gasteiger partial charge in [0.2, 0.25) is 0 Å². The number of phosphoric ester groups is 2.